The summed E-state index contributed by atoms with van der Waals surface area (Å²) in [4.78, 5) is 16.5. The fourth-order valence-corrected chi connectivity index (χ4v) is 2.60. The van der Waals surface area contributed by atoms with Gasteiger partial charge in [-0.1, -0.05) is 35.4 Å². The van der Waals surface area contributed by atoms with Crippen LogP contribution < -0.4 is 0 Å². The van der Waals surface area contributed by atoms with E-state index in [1.54, 1.807) is 4.90 Å². The molecule has 1 aliphatic rings. The maximum atomic E-state index is 12.0. The zero-order valence-corrected chi connectivity index (χ0v) is 11.2. The third-order valence-corrected chi connectivity index (χ3v) is 3.61. The van der Waals surface area contributed by atoms with E-state index >= 15 is 0 Å². The Labute approximate surface area is 117 Å². The molecule has 1 aromatic carbocycles. The van der Waals surface area contributed by atoms with E-state index in [0.29, 0.717) is 25.9 Å². The molecule has 6 heteroatoms. The van der Waals surface area contributed by atoms with E-state index in [4.69, 9.17) is 5.53 Å². The lowest BCUT2D eigenvalue weighted by atomic mass is 10.1. The highest BCUT2D eigenvalue weighted by molar-refractivity contribution is 5.79. The molecular weight excluding hydrogens is 256 g/mol. The number of amides is 1. The third kappa shape index (κ3) is 3.50. The Morgan fingerprint density at radius 1 is 1.45 bits per heavy atom. The van der Waals surface area contributed by atoms with Crippen LogP contribution in [0.2, 0.25) is 0 Å². The molecule has 106 valence electrons. The van der Waals surface area contributed by atoms with Gasteiger partial charge in [0.05, 0.1) is 12.6 Å². The standard InChI is InChI=1S/C14H18N4O2/c15-17-16-8-12-7-14(20)18(9-12)13(10-19)6-11-4-2-1-3-5-11/h1-5,12-13,19H,6-10H2/t12?,13-/m0/s1. The van der Waals surface area contributed by atoms with Crippen molar-refractivity contribution >= 4 is 5.91 Å². The smallest absolute Gasteiger partial charge is 0.223 e. The molecule has 0 radical (unpaired) electrons. The van der Waals surface area contributed by atoms with Crippen molar-refractivity contribution in [3.8, 4) is 0 Å². The van der Waals surface area contributed by atoms with Gasteiger partial charge in [0.25, 0.3) is 0 Å². The number of benzene rings is 1. The summed E-state index contributed by atoms with van der Waals surface area (Å²) in [5.41, 5.74) is 9.42. The number of hydrogen-bond acceptors (Lipinski definition) is 3. The monoisotopic (exact) mass is 274 g/mol. The fourth-order valence-electron chi connectivity index (χ4n) is 2.60. The summed E-state index contributed by atoms with van der Waals surface area (Å²) in [5, 5.41) is 13.1. The minimum absolute atomic E-state index is 0.0260. The van der Waals surface area contributed by atoms with Crippen molar-refractivity contribution in [2.75, 3.05) is 19.7 Å². The Bertz CT molecular complexity index is 499. The van der Waals surface area contributed by atoms with Crippen LogP contribution in [0.5, 0.6) is 0 Å². The summed E-state index contributed by atoms with van der Waals surface area (Å²) < 4.78 is 0. The molecule has 0 saturated carbocycles. The SMILES string of the molecule is [N-]=[N+]=NCC1CC(=O)N([C@H](CO)Cc2ccccc2)C1. The number of aliphatic hydroxyl groups excluding tert-OH is 1. The van der Waals surface area contributed by atoms with Crippen molar-refractivity contribution in [1.82, 2.24) is 4.90 Å². The lowest BCUT2D eigenvalue weighted by Crippen LogP contribution is -2.40. The Balaban J connectivity index is 2.00. The largest absolute Gasteiger partial charge is 0.394 e. The van der Waals surface area contributed by atoms with Gasteiger partial charge in [0.15, 0.2) is 0 Å². The first-order valence-corrected chi connectivity index (χ1v) is 6.69. The number of rotatable bonds is 6. The predicted octanol–water partition coefficient (Wildman–Crippen LogP) is 1.75. The van der Waals surface area contributed by atoms with Gasteiger partial charge < -0.3 is 10.0 Å². The molecule has 1 aliphatic heterocycles. The number of nitrogens with zero attached hydrogens (tertiary/aromatic N) is 4. The molecule has 2 rings (SSSR count). The molecule has 1 unspecified atom stereocenters. The van der Waals surface area contributed by atoms with Gasteiger partial charge in [0, 0.05) is 24.4 Å². The number of carbonyl (C=O) groups excluding carboxylic acids is 1. The molecule has 0 aliphatic carbocycles. The van der Waals surface area contributed by atoms with E-state index in [0.717, 1.165) is 5.56 Å². The van der Waals surface area contributed by atoms with Crippen molar-refractivity contribution in [3.63, 3.8) is 0 Å². The summed E-state index contributed by atoms with van der Waals surface area (Å²) in [7, 11) is 0. The van der Waals surface area contributed by atoms with E-state index in [-0.39, 0.29) is 24.5 Å². The second-order valence-corrected chi connectivity index (χ2v) is 5.06. The zero-order chi connectivity index (χ0) is 14.4. The Hall–Kier alpha value is -2.04. The van der Waals surface area contributed by atoms with Crippen molar-refractivity contribution < 1.29 is 9.90 Å². The van der Waals surface area contributed by atoms with Crippen LogP contribution in [-0.2, 0) is 11.2 Å². The molecule has 0 aromatic heterocycles. The van der Waals surface area contributed by atoms with E-state index in [1.807, 2.05) is 30.3 Å². The molecule has 0 spiro atoms. The Morgan fingerprint density at radius 3 is 2.85 bits per heavy atom. The lowest BCUT2D eigenvalue weighted by Gasteiger charge is -2.26. The molecule has 0 bridgehead atoms. The number of aliphatic hydroxyl groups is 1. The van der Waals surface area contributed by atoms with Gasteiger partial charge in [-0.25, -0.2) is 0 Å². The van der Waals surface area contributed by atoms with Gasteiger partial charge in [-0.15, -0.1) is 0 Å². The van der Waals surface area contributed by atoms with Crippen LogP contribution >= 0.6 is 0 Å². The highest BCUT2D eigenvalue weighted by Gasteiger charge is 2.33. The number of likely N-dealkylation sites (tertiary alicyclic amines) is 1. The number of hydrogen-bond donors (Lipinski definition) is 1. The average Bonchev–Trinajstić information content (AvgIpc) is 2.84. The van der Waals surface area contributed by atoms with Crippen LogP contribution in [0.15, 0.2) is 35.4 Å². The molecule has 20 heavy (non-hydrogen) atoms. The summed E-state index contributed by atoms with van der Waals surface area (Å²) in [6.45, 7) is 0.826. The summed E-state index contributed by atoms with van der Waals surface area (Å²) in [5.74, 6) is 0.0846. The summed E-state index contributed by atoms with van der Waals surface area (Å²) in [6, 6.07) is 9.59. The minimum atomic E-state index is -0.207. The highest BCUT2D eigenvalue weighted by Crippen LogP contribution is 2.22. The molecule has 6 nitrogen and oxygen atoms in total. The molecular formula is C14H18N4O2. The molecule has 1 N–H and O–H groups in total. The average molecular weight is 274 g/mol. The van der Waals surface area contributed by atoms with Crippen molar-refractivity contribution in [1.29, 1.82) is 0 Å². The van der Waals surface area contributed by atoms with E-state index < -0.39 is 0 Å². The highest BCUT2D eigenvalue weighted by atomic mass is 16.3. The van der Waals surface area contributed by atoms with Crippen LogP contribution in [0, 0.1) is 5.92 Å². The van der Waals surface area contributed by atoms with E-state index in [9.17, 15) is 9.90 Å². The van der Waals surface area contributed by atoms with Gasteiger partial charge in [0.1, 0.15) is 0 Å². The summed E-state index contributed by atoms with van der Waals surface area (Å²) >= 11 is 0. The fraction of sp³-hybridized carbons (Fsp3) is 0.500. The van der Waals surface area contributed by atoms with Gasteiger partial charge in [-0.3, -0.25) is 4.79 Å². The van der Waals surface area contributed by atoms with E-state index in [2.05, 4.69) is 10.0 Å². The van der Waals surface area contributed by atoms with Gasteiger partial charge in [-0.05, 0) is 23.4 Å². The van der Waals surface area contributed by atoms with Crippen LogP contribution in [0.4, 0.5) is 0 Å². The molecule has 1 aromatic rings. The first-order chi connectivity index (χ1) is 9.74. The topological polar surface area (TPSA) is 89.3 Å². The van der Waals surface area contributed by atoms with Crippen molar-refractivity contribution in [2.45, 2.75) is 18.9 Å². The molecule has 1 fully saturated rings. The minimum Gasteiger partial charge on any atom is -0.394 e. The van der Waals surface area contributed by atoms with Gasteiger partial charge in [-0.2, -0.15) is 0 Å². The normalized spacial score (nSPS) is 19.8. The van der Waals surface area contributed by atoms with E-state index in [1.165, 1.54) is 0 Å². The van der Waals surface area contributed by atoms with Crippen LogP contribution in [0.1, 0.15) is 12.0 Å². The molecule has 1 amide bonds. The molecule has 1 saturated heterocycles. The third-order valence-electron chi connectivity index (χ3n) is 3.61. The van der Waals surface area contributed by atoms with Gasteiger partial charge >= 0.3 is 0 Å². The lowest BCUT2D eigenvalue weighted by molar-refractivity contribution is -0.130. The van der Waals surface area contributed by atoms with Crippen molar-refractivity contribution in [3.05, 3.63) is 46.3 Å². The zero-order valence-electron chi connectivity index (χ0n) is 11.2. The maximum Gasteiger partial charge on any atom is 0.223 e. The second-order valence-electron chi connectivity index (χ2n) is 5.06. The first kappa shape index (κ1) is 14.4. The first-order valence-electron chi connectivity index (χ1n) is 6.69. The maximum absolute atomic E-state index is 12.0. The van der Waals surface area contributed by atoms with Crippen LogP contribution in [0.25, 0.3) is 10.4 Å². The Morgan fingerprint density at radius 2 is 2.20 bits per heavy atom. The quantitative estimate of drug-likeness (QED) is 0.486. The summed E-state index contributed by atoms with van der Waals surface area (Å²) in [6.07, 6.45) is 1.03. The molecule has 2 atom stereocenters. The second kappa shape index (κ2) is 6.93. The van der Waals surface area contributed by atoms with Crippen LogP contribution in [0.3, 0.4) is 0 Å². The van der Waals surface area contributed by atoms with Gasteiger partial charge in [0.2, 0.25) is 5.91 Å². The number of azide groups is 1. The Kier molecular flexibility index (Phi) is 4.98. The predicted molar refractivity (Wildman–Crippen MR) is 74.9 cm³/mol. The number of carbonyl (C=O) groups is 1. The van der Waals surface area contributed by atoms with Crippen LogP contribution in [-0.4, -0.2) is 41.7 Å². The van der Waals surface area contributed by atoms with Crippen molar-refractivity contribution in [2.24, 2.45) is 11.0 Å². The molecule has 1 heterocycles.